The van der Waals surface area contributed by atoms with E-state index >= 15 is 0 Å². The lowest BCUT2D eigenvalue weighted by atomic mass is 10.1. The van der Waals surface area contributed by atoms with E-state index in [1.165, 1.54) is 14.0 Å². The van der Waals surface area contributed by atoms with Crippen LogP contribution in [0.4, 0.5) is 34.0 Å². The standard InChI is InChI=1S/C14H14BrF4N7O2/c1-6-9(11(27)21-12-22-23-24-26(12)3)8(16)4-7(15)10(6)20-13(28)25(2)5-14(17,18)19/h4H,5H2,1-3H3,(H,20,28)(H,21,22,24,27). The van der Waals surface area contributed by atoms with Gasteiger partial charge in [-0.25, -0.2) is 13.9 Å². The van der Waals surface area contributed by atoms with Crippen molar-refractivity contribution in [1.29, 1.82) is 0 Å². The maximum absolute atomic E-state index is 14.4. The summed E-state index contributed by atoms with van der Waals surface area (Å²) in [6.07, 6.45) is -4.59. The first kappa shape index (κ1) is 21.5. The van der Waals surface area contributed by atoms with Gasteiger partial charge in [0.25, 0.3) is 5.91 Å². The van der Waals surface area contributed by atoms with Gasteiger partial charge in [-0.05, 0) is 44.9 Å². The number of benzene rings is 1. The van der Waals surface area contributed by atoms with Crippen LogP contribution in [0.1, 0.15) is 15.9 Å². The van der Waals surface area contributed by atoms with Gasteiger partial charge in [0.05, 0.1) is 11.3 Å². The second-order valence-electron chi connectivity index (χ2n) is 5.70. The highest BCUT2D eigenvalue weighted by atomic mass is 79.9. The molecule has 0 unspecified atom stereocenters. The molecule has 0 spiro atoms. The van der Waals surface area contributed by atoms with Gasteiger partial charge in [0.1, 0.15) is 12.4 Å². The van der Waals surface area contributed by atoms with E-state index in [9.17, 15) is 27.2 Å². The number of nitrogens with one attached hydrogen (secondary N) is 2. The van der Waals surface area contributed by atoms with Crippen molar-refractivity contribution in [2.75, 3.05) is 24.2 Å². The number of carbonyl (C=O) groups is 2. The smallest absolute Gasteiger partial charge is 0.318 e. The Morgan fingerprint density at radius 3 is 2.50 bits per heavy atom. The zero-order chi connectivity index (χ0) is 21.2. The average molecular weight is 468 g/mol. The molecule has 2 rings (SSSR count). The molecule has 0 atom stereocenters. The Morgan fingerprint density at radius 2 is 1.96 bits per heavy atom. The molecule has 9 nitrogen and oxygen atoms in total. The Bertz CT molecular complexity index is 916. The summed E-state index contributed by atoms with van der Waals surface area (Å²) in [6, 6.07) is -0.174. The summed E-state index contributed by atoms with van der Waals surface area (Å²) < 4.78 is 52.9. The van der Waals surface area contributed by atoms with Crippen LogP contribution in [0, 0.1) is 12.7 Å². The van der Waals surface area contributed by atoms with E-state index in [2.05, 4.69) is 42.1 Å². The van der Waals surface area contributed by atoms with E-state index in [-0.39, 0.29) is 21.7 Å². The number of aromatic nitrogens is 4. The zero-order valence-electron chi connectivity index (χ0n) is 14.7. The van der Waals surface area contributed by atoms with E-state index in [0.29, 0.717) is 4.90 Å². The van der Waals surface area contributed by atoms with Gasteiger partial charge in [0.2, 0.25) is 5.95 Å². The molecule has 28 heavy (non-hydrogen) atoms. The first-order valence-corrected chi connectivity index (χ1v) is 8.31. The zero-order valence-corrected chi connectivity index (χ0v) is 16.3. The predicted molar refractivity (Wildman–Crippen MR) is 93.3 cm³/mol. The summed E-state index contributed by atoms with van der Waals surface area (Å²) in [6.45, 7) is -0.153. The van der Waals surface area contributed by atoms with Crippen LogP contribution in [0.2, 0.25) is 0 Å². The number of tetrazole rings is 1. The predicted octanol–water partition coefficient (Wildman–Crippen LogP) is 2.70. The SMILES string of the molecule is Cc1c(NC(=O)N(C)CC(F)(F)F)c(Br)cc(F)c1C(=O)Nc1nnnn1C. The maximum Gasteiger partial charge on any atom is 0.406 e. The Morgan fingerprint density at radius 1 is 1.32 bits per heavy atom. The van der Waals surface area contributed by atoms with Crippen LogP contribution < -0.4 is 10.6 Å². The van der Waals surface area contributed by atoms with Gasteiger partial charge in [-0.2, -0.15) is 13.2 Å². The van der Waals surface area contributed by atoms with Crippen molar-refractivity contribution in [3.63, 3.8) is 0 Å². The topological polar surface area (TPSA) is 105 Å². The highest BCUT2D eigenvalue weighted by molar-refractivity contribution is 9.10. The lowest BCUT2D eigenvalue weighted by molar-refractivity contribution is -0.137. The Balaban J connectivity index is 2.31. The number of alkyl halides is 3. The largest absolute Gasteiger partial charge is 0.406 e. The van der Waals surface area contributed by atoms with Gasteiger partial charge < -0.3 is 10.2 Å². The van der Waals surface area contributed by atoms with Crippen LogP contribution in [0.3, 0.4) is 0 Å². The van der Waals surface area contributed by atoms with Crippen LogP contribution >= 0.6 is 15.9 Å². The molecule has 0 saturated heterocycles. The molecule has 0 fully saturated rings. The molecule has 2 aromatic rings. The highest BCUT2D eigenvalue weighted by Gasteiger charge is 2.32. The van der Waals surface area contributed by atoms with Gasteiger partial charge in [-0.15, -0.1) is 0 Å². The fraction of sp³-hybridized carbons (Fsp3) is 0.357. The number of amides is 3. The van der Waals surface area contributed by atoms with Crippen molar-refractivity contribution < 1.29 is 27.2 Å². The summed E-state index contributed by atoms with van der Waals surface area (Å²) in [5.41, 5.74) is -0.491. The number of anilines is 2. The fourth-order valence-corrected chi connectivity index (χ4v) is 2.81. The molecule has 152 valence electrons. The number of aryl methyl sites for hydroxylation is 1. The average Bonchev–Trinajstić information content (AvgIpc) is 2.94. The van der Waals surface area contributed by atoms with Gasteiger partial charge in [-0.1, -0.05) is 5.10 Å². The monoisotopic (exact) mass is 467 g/mol. The molecular weight excluding hydrogens is 454 g/mol. The number of hydrogen-bond donors (Lipinski definition) is 2. The lowest BCUT2D eigenvalue weighted by Crippen LogP contribution is -2.38. The van der Waals surface area contributed by atoms with Gasteiger partial charge in [0.15, 0.2) is 0 Å². The quantitative estimate of drug-likeness (QED) is 0.672. The molecule has 3 amide bonds. The summed E-state index contributed by atoms with van der Waals surface area (Å²) in [4.78, 5) is 24.9. The number of rotatable bonds is 4. The van der Waals surface area contributed by atoms with Crippen LogP contribution in [0.5, 0.6) is 0 Å². The fourth-order valence-electron chi connectivity index (χ4n) is 2.21. The second kappa shape index (κ2) is 8.08. The minimum absolute atomic E-state index is 0.00624. The third kappa shape index (κ3) is 4.94. The van der Waals surface area contributed by atoms with Crippen molar-refractivity contribution in [2.45, 2.75) is 13.1 Å². The third-order valence-corrected chi connectivity index (χ3v) is 4.17. The van der Waals surface area contributed by atoms with E-state index < -0.39 is 36.0 Å². The minimum atomic E-state index is -4.59. The van der Waals surface area contributed by atoms with Crippen molar-refractivity contribution >= 4 is 39.5 Å². The van der Waals surface area contributed by atoms with E-state index in [4.69, 9.17) is 0 Å². The normalized spacial score (nSPS) is 11.3. The highest BCUT2D eigenvalue weighted by Crippen LogP contribution is 2.32. The molecule has 14 heteroatoms. The molecule has 1 aromatic heterocycles. The Hall–Kier alpha value is -2.77. The Kier molecular flexibility index (Phi) is 6.21. The minimum Gasteiger partial charge on any atom is -0.318 e. The number of hydrogen-bond acceptors (Lipinski definition) is 5. The molecule has 2 N–H and O–H groups in total. The van der Waals surface area contributed by atoms with Crippen molar-refractivity contribution in [3.8, 4) is 0 Å². The molecular formula is C14H14BrF4N7O2. The molecule has 0 saturated carbocycles. The first-order chi connectivity index (χ1) is 12.9. The van der Waals surface area contributed by atoms with Gasteiger partial charge >= 0.3 is 12.2 Å². The maximum atomic E-state index is 14.4. The van der Waals surface area contributed by atoms with Gasteiger partial charge in [-0.3, -0.25) is 10.1 Å². The molecule has 1 aromatic carbocycles. The van der Waals surface area contributed by atoms with Crippen LogP contribution in [-0.4, -0.2) is 56.8 Å². The number of carbonyl (C=O) groups excluding carboxylic acids is 2. The van der Waals surface area contributed by atoms with E-state index in [1.807, 2.05) is 0 Å². The van der Waals surface area contributed by atoms with Crippen molar-refractivity contribution in [2.24, 2.45) is 7.05 Å². The number of nitrogens with zero attached hydrogens (tertiary/aromatic N) is 5. The number of halogens is 5. The van der Waals surface area contributed by atoms with Gasteiger partial charge in [0, 0.05) is 18.6 Å². The van der Waals surface area contributed by atoms with E-state index in [1.54, 1.807) is 0 Å². The van der Waals surface area contributed by atoms with Crippen molar-refractivity contribution in [3.05, 3.63) is 27.5 Å². The molecule has 0 radical (unpaired) electrons. The second-order valence-corrected chi connectivity index (χ2v) is 6.55. The molecule has 1 heterocycles. The Labute approximate surface area is 164 Å². The lowest BCUT2D eigenvalue weighted by Gasteiger charge is -2.21. The third-order valence-electron chi connectivity index (χ3n) is 3.55. The van der Waals surface area contributed by atoms with Crippen molar-refractivity contribution in [1.82, 2.24) is 25.1 Å². The summed E-state index contributed by atoms with van der Waals surface area (Å²) in [5, 5.41) is 14.9. The first-order valence-electron chi connectivity index (χ1n) is 7.52. The van der Waals surface area contributed by atoms with Crippen LogP contribution in [-0.2, 0) is 7.05 Å². The van der Waals surface area contributed by atoms with Crippen LogP contribution in [0.15, 0.2) is 10.5 Å². The summed E-state index contributed by atoms with van der Waals surface area (Å²) in [5.74, 6) is -1.87. The molecule has 0 bridgehead atoms. The summed E-state index contributed by atoms with van der Waals surface area (Å²) in [7, 11) is 2.40. The van der Waals surface area contributed by atoms with Crippen LogP contribution in [0.25, 0.3) is 0 Å². The molecule has 0 aliphatic heterocycles. The number of urea groups is 1. The summed E-state index contributed by atoms with van der Waals surface area (Å²) >= 11 is 3.03. The van der Waals surface area contributed by atoms with E-state index in [0.717, 1.165) is 17.8 Å². The molecule has 0 aliphatic carbocycles. The molecule has 0 aliphatic rings.